The van der Waals surface area contributed by atoms with Crippen LogP contribution in [0.25, 0.3) is 10.6 Å². The number of thiazole rings is 1. The minimum Gasteiger partial charge on any atom is -0.481 e. The lowest BCUT2D eigenvalue weighted by molar-refractivity contribution is -0.146. The number of aliphatic carboxylic acids is 1. The van der Waals surface area contributed by atoms with E-state index in [1.165, 1.54) is 11.3 Å². The maximum absolute atomic E-state index is 12.3. The molecular weight excluding hydrogens is 322 g/mol. The van der Waals surface area contributed by atoms with Crippen LogP contribution in [0.1, 0.15) is 38.8 Å². The molecule has 0 aliphatic carbocycles. The summed E-state index contributed by atoms with van der Waals surface area (Å²) >= 11 is 1.51. The van der Waals surface area contributed by atoms with Gasteiger partial charge in [0.25, 0.3) is 0 Å². The Morgan fingerprint density at radius 2 is 1.83 bits per heavy atom. The summed E-state index contributed by atoms with van der Waals surface area (Å²) in [4.78, 5) is 28.3. The minimum absolute atomic E-state index is 0.0433. The third-order valence-corrected chi connectivity index (χ3v) is 5.27. The van der Waals surface area contributed by atoms with Crippen LogP contribution in [-0.4, -0.2) is 21.8 Å². The average molecular weight is 345 g/mol. The van der Waals surface area contributed by atoms with Crippen molar-refractivity contribution in [2.75, 3.05) is 0 Å². The number of aromatic nitrogens is 1. The van der Waals surface area contributed by atoms with Crippen molar-refractivity contribution in [3.63, 3.8) is 0 Å². The van der Waals surface area contributed by atoms with Crippen molar-refractivity contribution in [2.45, 2.75) is 39.5 Å². The van der Waals surface area contributed by atoms with Crippen molar-refractivity contribution in [3.8, 4) is 10.6 Å². The number of nitrogens with zero attached hydrogens (tertiary/aromatic N) is 1. The third kappa shape index (κ3) is 4.74. The van der Waals surface area contributed by atoms with E-state index in [2.05, 4.69) is 4.98 Å². The second-order valence-corrected chi connectivity index (χ2v) is 6.81. The van der Waals surface area contributed by atoms with Gasteiger partial charge in [0.2, 0.25) is 0 Å². The Hall–Kier alpha value is -2.01. The zero-order valence-corrected chi connectivity index (χ0v) is 14.9. The summed E-state index contributed by atoms with van der Waals surface area (Å²) in [5.74, 6) is -1.49. The number of benzene rings is 1. The molecule has 2 rings (SSSR count). The quantitative estimate of drug-likeness (QED) is 0.729. The van der Waals surface area contributed by atoms with E-state index in [0.29, 0.717) is 0 Å². The maximum atomic E-state index is 12.3. The summed E-state index contributed by atoms with van der Waals surface area (Å²) in [5, 5.41) is 12.2. The molecule has 0 saturated carbocycles. The van der Waals surface area contributed by atoms with Crippen molar-refractivity contribution in [3.05, 3.63) is 41.4 Å². The minimum atomic E-state index is -0.875. The van der Waals surface area contributed by atoms with Crippen molar-refractivity contribution >= 4 is 23.1 Å². The predicted molar refractivity (Wildman–Crippen MR) is 96.1 cm³/mol. The van der Waals surface area contributed by atoms with E-state index >= 15 is 0 Å². The lowest BCUT2D eigenvalue weighted by atomic mass is 9.84. The fourth-order valence-corrected chi connectivity index (χ4v) is 3.76. The maximum Gasteiger partial charge on any atom is 0.307 e. The lowest BCUT2D eigenvalue weighted by Crippen LogP contribution is -2.26. The van der Waals surface area contributed by atoms with Gasteiger partial charge in [-0.25, -0.2) is 4.98 Å². The first-order valence-corrected chi connectivity index (χ1v) is 9.17. The molecule has 4 nitrogen and oxygen atoms in total. The topological polar surface area (TPSA) is 67.3 Å². The van der Waals surface area contributed by atoms with Crippen LogP contribution in [-0.2, 0) is 16.0 Å². The molecule has 0 spiro atoms. The Balaban J connectivity index is 2.02. The number of carboxylic acid groups (broad SMARTS) is 1. The van der Waals surface area contributed by atoms with Crippen molar-refractivity contribution in [1.82, 2.24) is 4.98 Å². The van der Waals surface area contributed by atoms with E-state index in [1.807, 2.05) is 49.6 Å². The molecule has 1 aromatic heterocycles. The summed E-state index contributed by atoms with van der Waals surface area (Å²) in [6.45, 7) is 3.95. The Kier molecular flexibility index (Phi) is 6.67. The zero-order chi connectivity index (χ0) is 17.5. The number of ketones is 1. The van der Waals surface area contributed by atoms with Gasteiger partial charge in [0.1, 0.15) is 10.8 Å². The molecule has 24 heavy (non-hydrogen) atoms. The molecular formula is C19H23NO3S. The molecule has 1 heterocycles. The highest BCUT2D eigenvalue weighted by Gasteiger charge is 2.28. The molecule has 128 valence electrons. The predicted octanol–water partition coefficient (Wildman–Crippen LogP) is 4.45. The van der Waals surface area contributed by atoms with Gasteiger partial charge in [0.05, 0.1) is 11.6 Å². The molecule has 1 N–H and O–H groups in total. The molecule has 0 aliphatic rings. The van der Waals surface area contributed by atoms with Gasteiger partial charge < -0.3 is 5.11 Å². The first kappa shape index (κ1) is 18.3. The van der Waals surface area contributed by atoms with Crippen LogP contribution in [0.5, 0.6) is 0 Å². The number of hydrogen-bond acceptors (Lipinski definition) is 4. The van der Waals surface area contributed by atoms with Crippen LogP contribution < -0.4 is 0 Å². The number of Topliss-reactive ketones (excluding diaryl/α,β-unsaturated/α-hetero) is 1. The number of carboxylic acids is 1. The van der Waals surface area contributed by atoms with Crippen LogP contribution in [0.2, 0.25) is 0 Å². The number of carbonyl (C=O) groups excluding carboxylic acids is 1. The van der Waals surface area contributed by atoms with E-state index in [0.717, 1.165) is 29.1 Å². The molecule has 0 saturated heterocycles. The lowest BCUT2D eigenvalue weighted by Gasteiger charge is -2.20. The van der Waals surface area contributed by atoms with Gasteiger partial charge in [-0.05, 0) is 5.92 Å². The van der Waals surface area contributed by atoms with E-state index in [4.69, 9.17) is 0 Å². The van der Waals surface area contributed by atoms with Crippen LogP contribution in [0.15, 0.2) is 35.7 Å². The van der Waals surface area contributed by atoms with Gasteiger partial charge in [0, 0.05) is 23.8 Å². The largest absolute Gasteiger partial charge is 0.481 e. The number of hydrogen-bond donors (Lipinski definition) is 1. The standard InChI is InChI=1S/C19H23NO3S/c1-3-13(4-2)17(19(22)23)11-16(21)10-15-12-24-18(20-15)14-8-6-5-7-9-14/h5-9,12-13,17H,3-4,10-11H2,1-2H3,(H,22,23). The Bertz CT molecular complexity index is 677. The summed E-state index contributed by atoms with van der Waals surface area (Å²) in [6, 6.07) is 9.82. The van der Waals surface area contributed by atoms with Crippen LogP contribution in [0.3, 0.4) is 0 Å². The monoisotopic (exact) mass is 345 g/mol. The summed E-state index contributed by atoms with van der Waals surface area (Å²) in [6.07, 6.45) is 1.83. The molecule has 1 aromatic carbocycles. The molecule has 2 aromatic rings. The zero-order valence-electron chi connectivity index (χ0n) is 14.1. The molecule has 5 heteroatoms. The first-order valence-electron chi connectivity index (χ1n) is 8.29. The van der Waals surface area contributed by atoms with E-state index < -0.39 is 11.9 Å². The van der Waals surface area contributed by atoms with Gasteiger partial charge in [-0.2, -0.15) is 0 Å². The smallest absolute Gasteiger partial charge is 0.307 e. The first-order chi connectivity index (χ1) is 11.5. The van der Waals surface area contributed by atoms with Gasteiger partial charge in [-0.3, -0.25) is 9.59 Å². The second-order valence-electron chi connectivity index (χ2n) is 5.95. The molecule has 0 amide bonds. The van der Waals surface area contributed by atoms with Crippen LogP contribution >= 0.6 is 11.3 Å². The molecule has 0 bridgehead atoms. The van der Waals surface area contributed by atoms with E-state index in [9.17, 15) is 14.7 Å². The van der Waals surface area contributed by atoms with Crippen LogP contribution in [0.4, 0.5) is 0 Å². The Labute approximate surface area is 146 Å². The highest BCUT2D eigenvalue weighted by molar-refractivity contribution is 7.13. The SMILES string of the molecule is CCC(CC)C(CC(=O)Cc1csc(-c2ccccc2)n1)C(=O)O. The number of carbonyl (C=O) groups is 2. The molecule has 0 aliphatic heterocycles. The Morgan fingerprint density at radius 3 is 2.42 bits per heavy atom. The summed E-state index contributed by atoms with van der Waals surface area (Å²) in [7, 11) is 0. The third-order valence-electron chi connectivity index (χ3n) is 4.33. The molecule has 0 radical (unpaired) electrons. The molecule has 1 unspecified atom stereocenters. The van der Waals surface area contributed by atoms with Crippen LogP contribution in [0, 0.1) is 11.8 Å². The van der Waals surface area contributed by atoms with Crippen molar-refractivity contribution < 1.29 is 14.7 Å². The van der Waals surface area contributed by atoms with Crippen molar-refractivity contribution in [2.24, 2.45) is 11.8 Å². The van der Waals surface area contributed by atoms with E-state index in [-0.39, 0.29) is 24.5 Å². The van der Waals surface area contributed by atoms with E-state index in [1.54, 1.807) is 0 Å². The normalized spacial score (nSPS) is 12.3. The second kappa shape index (κ2) is 8.73. The molecule has 0 fully saturated rings. The highest BCUT2D eigenvalue weighted by Crippen LogP contribution is 2.26. The fourth-order valence-electron chi connectivity index (χ4n) is 2.93. The van der Waals surface area contributed by atoms with Gasteiger partial charge in [-0.1, -0.05) is 57.0 Å². The van der Waals surface area contributed by atoms with Gasteiger partial charge in [-0.15, -0.1) is 11.3 Å². The average Bonchev–Trinajstić information content (AvgIpc) is 3.04. The summed E-state index contributed by atoms with van der Waals surface area (Å²) in [5.41, 5.74) is 1.75. The van der Waals surface area contributed by atoms with Crippen molar-refractivity contribution in [1.29, 1.82) is 0 Å². The van der Waals surface area contributed by atoms with Gasteiger partial charge >= 0.3 is 5.97 Å². The summed E-state index contributed by atoms with van der Waals surface area (Å²) < 4.78 is 0. The highest BCUT2D eigenvalue weighted by atomic mass is 32.1. The molecule has 1 atom stereocenters. The van der Waals surface area contributed by atoms with Gasteiger partial charge in [0.15, 0.2) is 0 Å². The number of rotatable bonds is 9. The fraction of sp³-hybridized carbons (Fsp3) is 0.421. The Morgan fingerprint density at radius 1 is 1.17 bits per heavy atom.